The quantitative estimate of drug-likeness (QED) is 0.638. The Morgan fingerprint density at radius 3 is 2.50 bits per heavy atom. The molecule has 0 radical (unpaired) electrons. The molecule has 0 spiro atoms. The van der Waals surface area contributed by atoms with Crippen LogP contribution in [0.4, 0.5) is 0 Å². The van der Waals surface area contributed by atoms with Crippen LogP contribution in [0.1, 0.15) is 39.5 Å². The highest BCUT2D eigenvalue weighted by molar-refractivity contribution is 4.78. The molecular weight excluding hydrogens is 124 g/mol. The Morgan fingerprint density at radius 1 is 1.50 bits per heavy atom. The molecule has 2 atom stereocenters. The molecule has 0 saturated heterocycles. The van der Waals surface area contributed by atoms with Crippen molar-refractivity contribution < 1.29 is 5.11 Å². The normalized spacial score (nSPS) is 24.3. The lowest BCUT2D eigenvalue weighted by atomic mass is 9.97. The average Bonchev–Trinajstić information content (AvgIpc) is 2.70. The third-order valence-electron chi connectivity index (χ3n) is 2.57. The first-order valence-electron chi connectivity index (χ1n) is 4.42. The van der Waals surface area contributed by atoms with E-state index in [-0.39, 0.29) is 6.10 Å². The molecule has 2 unspecified atom stereocenters. The third-order valence-corrected chi connectivity index (χ3v) is 2.57. The molecule has 0 aliphatic heterocycles. The maximum absolute atomic E-state index is 9.53. The lowest BCUT2D eigenvalue weighted by Gasteiger charge is -2.15. The summed E-state index contributed by atoms with van der Waals surface area (Å²) in [5.41, 5.74) is 0. The molecule has 10 heavy (non-hydrogen) atoms. The van der Waals surface area contributed by atoms with Crippen LogP contribution in [0.15, 0.2) is 0 Å². The summed E-state index contributed by atoms with van der Waals surface area (Å²) in [5, 5.41) is 9.53. The molecule has 0 heterocycles. The zero-order chi connectivity index (χ0) is 7.56. The minimum atomic E-state index is -0.0301. The summed E-state index contributed by atoms with van der Waals surface area (Å²) in [4.78, 5) is 0. The highest BCUT2D eigenvalue weighted by Gasteiger charge is 2.26. The Hall–Kier alpha value is -0.0400. The first kappa shape index (κ1) is 8.06. The summed E-state index contributed by atoms with van der Waals surface area (Å²) in [7, 11) is 0. The van der Waals surface area contributed by atoms with E-state index in [1.807, 2.05) is 0 Å². The molecule has 1 fully saturated rings. The van der Waals surface area contributed by atoms with Gasteiger partial charge < -0.3 is 5.11 Å². The summed E-state index contributed by atoms with van der Waals surface area (Å²) in [5.74, 6) is 1.37. The maximum Gasteiger partial charge on any atom is 0.0568 e. The van der Waals surface area contributed by atoms with Crippen LogP contribution in [0.2, 0.25) is 0 Å². The maximum atomic E-state index is 9.53. The Balaban J connectivity index is 2.11. The molecule has 60 valence electrons. The van der Waals surface area contributed by atoms with Crippen molar-refractivity contribution in [3.05, 3.63) is 0 Å². The molecule has 1 N–H and O–H groups in total. The molecule has 0 aromatic heterocycles. The molecule has 1 rings (SSSR count). The SMILES string of the molecule is CCC(C)C(O)CC1CC1. The van der Waals surface area contributed by atoms with E-state index in [2.05, 4.69) is 13.8 Å². The van der Waals surface area contributed by atoms with Gasteiger partial charge in [-0.25, -0.2) is 0 Å². The number of aliphatic hydroxyl groups excluding tert-OH is 1. The Kier molecular flexibility index (Phi) is 2.72. The lowest BCUT2D eigenvalue weighted by molar-refractivity contribution is 0.0998. The van der Waals surface area contributed by atoms with Gasteiger partial charge in [-0.3, -0.25) is 0 Å². The second-order valence-electron chi connectivity index (χ2n) is 3.63. The van der Waals surface area contributed by atoms with Crippen molar-refractivity contribution >= 4 is 0 Å². The van der Waals surface area contributed by atoms with Gasteiger partial charge in [-0.15, -0.1) is 0 Å². The summed E-state index contributed by atoms with van der Waals surface area (Å²) in [6.45, 7) is 4.27. The van der Waals surface area contributed by atoms with Crippen LogP contribution >= 0.6 is 0 Å². The van der Waals surface area contributed by atoms with Crippen molar-refractivity contribution in [3.63, 3.8) is 0 Å². The van der Waals surface area contributed by atoms with Gasteiger partial charge >= 0.3 is 0 Å². The Morgan fingerprint density at radius 2 is 2.10 bits per heavy atom. The zero-order valence-corrected chi connectivity index (χ0v) is 7.01. The van der Waals surface area contributed by atoms with Gasteiger partial charge in [-0.2, -0.15) is 0 Å². The summed E-state index contributed by atoms with van der Waals surface area (Å²) in [6, 6.07) is 0. The molecule has 0 aromatic rings. The van der Waals surface area contributed by atoms with E-state index in [0.717, 1.165) is 18.8 Å². The highest BCUT2D eigenvalue weighted by Crippen LogP contribution is 2.35. The van der Waals surface area contributed by atoms with E-state index in [0.29, 0.717) is 5.92 Å². The molecule has 1 aliphatic rings. The second-order valence-corrected chi connectivity index (χ2v) is 3.63. The molecule has 0 amide bonds. The number of hydrogen-bond donors (Lipinski definition) is 1. The van der Waals surface area contributed by atoms with Gasteiger partial charge in [0.1, 0.15) is 0 Å². The monoisotopic (exact) mass is 142 g/mol. The molecule has 1 aliphatic carbocycles. The first-order chi connectivity index (χ1) is 4.74. The van der Waals surface area contributed by atoms with E-state index >= 15 is 0 Å². The minimum Gasteiger partial charge on any atom is -0.393 e. The van der Waals surface area contributed by atoms with Gasteiger partial charge in [-0.05, 0) is 18.3 Å². The number of rotatable bonds is 4. The van der Waals surface area contributed by atoms with E-state index in [9.17, 15) is 5.11 Å². The van der Waals surface area contributed by atoms with Crippen molar-refractivity contribution in [2.45, 2.75) is 45.6 Å². The Bertz CT molecular complexity index is 96.9. The van der Waals surface area contributed by atoms with E-state index in [4.69, 9.17) is 0 Å². The van der Waals surface area contributed by atoms with Crippen molar-refractivity contribution in [3.8, 4) is 0 Å². The van der Waals surface area contributed by atoms with Crippen LogP contribution < -0.4 is 0 Å². The zero-order valence-electron chi connectivity index (χ0n) is 7.01. The smallest absolute Gasteiger partial charge is 0.0568 e. The van der Waals surface area contributed by atoms with Crippen molar-refractivity contribution in [2.75, 3.05) is 0 Å². The fraction of sp³-hybridized carbons (Fsp3) is 1.00. The van der Waals surface area contributed by atoms with E-state index < -0.39 is 0 Å². The number of aliphatic hydroxyl groups is 1. The van der Waals surface area contributed by atoms with Crippen LogP contribution in [-0.2, 0) is 0 Å². The van der Waals surface area contributed by atoms with Crippen molar-refractivity contribution in [1.29, 1.82) is 0 Å². The van der Waals surface area contributed by atoms with E-state index in [1.165, 1.54) is 12.8 Å². The molecular formula is C9H18O. The molecule has 1 saturated carbocycles. The van der Waals surface area contributed by atoms with Gasteiger partial charge in [0.05, 0.1) is 6.10 Å². The van der Waals surface area contributed by atoms with Gasteiger partial charge in [0.15, 0.2) is 0 Å². The summed E-state index contributed by atoms with van der Waals surface area (Å²) < 4.78 is 0. The van der Waals surface area contributed by atoms with Gasteiger partial charge in [0.2, 0.25) is 0 Å². The van der Waals surface area contributed by atoms with Gasteiger partial charge in [0.25, 0.3) is 0 Å². The summed E-state index contributed by atoms with van der Waals surface area (Å²) >= 11 is 0. The highest BCUT2D eigenvalue weighted by atomic mass is 16.3. The topological polar surface area (TPSA) is 20.2 Å². The predicted octanol–water partition coefficient (Wildman–Crippen LogP) is 2.19. The van der Waals surface area contributed by atoms with Crippen LogP contribution in [-0.4, -0.2) is 11.2 Å². The van der Waals surface area contributed by atoms with Crippen LogP contribution in [0.3, 0.4) is 0 Å². The van der Waals surface area contributed by atoms with Gasteiger partial charge in [0, 0.05) is 0 Å². The molecule has 1 heteroatoms. The van der Waals surface area contributed by atoms with Crippen LogP contribution in [0.25, 0.3) is 0 Å². The fourth-order valence-electron chi connectivity index (χ4n) is 1.20. The standard InChI is InChI=1S/C9H18O/c1-3-7(2)9(10)6-8-4-5-8/h7-10H,3-6H2,1-2H3. The average molecular weight is 142 g/mol. The van der Waals surface area contributed by atoms with Crippen LogP contribution in [0.5, 0.6) is 0 Å². The van der Waals surface area contributed by atoms with E-state index in [1.54, 1.807) is 0 Å². The predicted molar refractivity (Wildman–Crippen MR) is 42.8 cm³/mol. The Labute approximate surface area is 63.4 Å². The van der Waals surface area contributed by atoms with Crippen molar-refractivity contribution in [1.82, 2.24) is 0 Å². The first-order valence-corrected chi connectivity index (χ1v) is 4.42. The molecule has 0 bridgehead atoms. The largest absolute Gasteiger partial charge is 0.393 e. The fourth-order valence-corrected chi connectivity index (χ4v) is 1.20. The molecule has 1 nitrogen and oxygen atoms in total. The lowest BCUT2D eigenvalue weighted by Crippen LogP contribution is -2.17. The molecule has 0 aromatic carbocycles. The van der Waals surface area contributed by atoms with Crippen LogP contribution in [0, 0.1) is 11.8 Å². The third kappa shape index (κ3) is 2.30. The van der Waals surface area contributed by atoms with Crippen molar-refractivity contribution in [2.24, 2.45) is 11.8 Å². The summed E-state index contributed by atoms with van der Waals surface area (Å²) in [6.07, 6.45) is 4.83. The van der Waals surface area contributed by atoms with Gasteiger partial charge in [-0.1, -0.05) is 33.1 Å². The second kappa shape index (κ2) is 3.38. The minimum absolute atomic E-state index is 0.0301. The number of hydrogen-bond acceptors (Lipinski definition) is 1.